The maximum Gasteiger partial charge on any atom is 0.318 e. The number of likely N-dealkylation sites (tertiary alicyclic amines) is 1. The van der Waals surface area contributed by atoms with Crippen molar-refractivity contribution in [3.05, 3.63) is 66.2 Å². The van der Waals surface area contributed by atoms with Crippen molar-refractivity contribution in [2.75, 3.05) is 13.1 Å². The molecule has 26 heavy (non-hydrogen) atoms. The fourth-order valence-electron chi connectivity index (χ4n) is 3.13. The van der Waals surface area contributed by atoms with Crippen LogP contribution >= 0.6 is 0 Å². The third-order valence-corrected chi connectivity index (χ3v) is 4.43. The lowest BCUT2D eigenvalue weighted by molar-refractivity contribution is -0.121. The second kappa shape index (κ2) is 8.38. The molecular weight excluding hydrogens is 330 g/mol. The summed E-state index contributed by atoms with van der Waals surface area (Å²) < 4.78 is 5.88. The monoisotopic (exact) mass is 353 g/mol. The molecule has 0 radical (unpaired) electrons. The molecule has 0 unspecified atom stereocenters. The summed E-state index contributed by atoms with van der Waals surface area (Å²) in [5.74, 6) is 0.203. The molecule has 1 heterocycles. The number of benzene rings is 2. The smallest absolute Gasteiger partial charge is 0.318 e. The van der Waals surface area contributed by atoms with Crippen LogP contribution in [0.25, 0.3) is 0 Å². The molecule has 0 aromatic heterocycles. The molecule has 2 aromatic carbocycles. The van der Waals surface area contributed by atoms with Gasteiger partial charge in [0.05, 0.1) is 6.54 Å². The first-order chi connectivity index (χ1) is 12.6. The zero-order chi connectivity index (χ0) is 18.4. The van der Waals surface area contributed by atoms with Crippen molar-refractivity contribution in [3.63, 3.8) is 0 Å². The van der Waals surface area contributed by atoms with Gasteiger partial charge in [-0.3, -0.25) is 4.79 Å². The number of carbonyl (C=O) groups excluding carboxylic acids is 2. The maximum absolute atomic E-state index is 12.5. The van der Waals surface area contributed by atoms with Crippen LogP contribution in [0.3, 0.4) is 0 Å². The van der Waals surface area contributed by atoms with Gasteiger partial charge in [0.1, 0.15) is 17.9 Å². The van der Waals surface area contributed by atoms with Gasteiger partial charge < -0.3 is 20.7 Å². The molecule has 1 fully saturated rings. The van der Waals surface area contributed by atoms with Gasteiger partial charge in [0.2, 0.25) is 5.91 Å². The highest BCUT2D eigenvalue weighted by Crippen LogP contribution is 2.23. The van der Waals surface area contributed by atoms with Gasteiger partial charge in [0.25, 0.3) is 0 Å². The molecular formula is C20H23N3O3. The van der Waals surface area contributed by atoms with Gasteiger partial charge >= 0.3 is 6.03 Å². The Hall–Kier alpha value is -3.02. The van der Waals surface area contributed by atoms with E-state index in [2.05, 4.69) is 5.32 Å². The Balaban J connectivity index is 1.55. The van der Waals surface area contributed by atoms with Gasteiger partial charge in [-0.15, -0.1) is 0 Å². The lowest BCUT2D eigenvalue weighted by atomic mass is 10.1. The number of para-hydroxylation sites is 1. The molecule has 1 aliphatic heterocycles. The molecule has 3 amide bonds. The van der Waals surface area contributed by atoms with Crippen molar-refractivity contribution >= 4 is 11.9 Å². The van der Waals surface area contributed by atoms with E-state index in [1.54, 1.807) is 0 Å². The molecule has 6 nitrogen and oxygen atoms in total. The Labute approximate surface area is 152 Å². The Morgan fingerprint density at radius 3 is 2.38 bits per heavy atom. The molecule has 0 aliphatic carbocycles. The van der Waals surface area contributed by atoms with E-state index in [4.69, 9.17) is 10.5 Å². The average molecular weight is 353 g/mol. The first-order valence-electron chi connectivity index (χ1n) is 8.73. The third kappa shape index (κ3) is 4.53. The molecule has 2 aromatic rings. The van der Waals surface area contributed by atoms with Crippen LogP contribution in [0.2, 0.25) is 0 Å². The lowest BCUT2D eigenvalue weighted by Crippen LogP contribution is -2.48. The topological polar surface area (TPSA) is 84.7 Å². The fraction of sp³-hybridized carbons (Fsp3) is 0.300. The largest absolute Gasteiger partial charge is 0.488 e. The highest BCUT2D eigenvalue weighted by atomic mass is 16.5. The summed E-state index contributed by atoms with van der Waals surface area (Å²) in [6, 6.07) is 18.3. The molecule has 0 saturated carbocycles. The fourth-order valence-corrected chi connectivity index (χ4v) is 3.13. The van der Waals surface area contributed by atoms with E-state index < -0.39 is 11.9 Å². The van der Waals surface area contributed by atoms with Crippen molar-refractivity contribution in [1.82, 2.24) is 10.2 Å². The Morgan fingerprint density at radius 2 is 1.73 bits per heavy atom. The lowest BCUT2D eigenvalue weighted by Gasteiger charge is -2.22. The van der Waals surface area contributed by atoms with Crippen molar-refractivity contribution in [2.45, 2.75) is 25.0 Å². The van der Waals surface area contributed by atoms with Gasteiger partial charge in [0.15, 0.2) is 0 Å². The van der Waals surface area contributed by atoms with Crippen molar-refractivity contribution in [2.24, 2.45) is 5.73 Å². The molecule has 2 atom stereocenters. The Bertz CT molecular complexity index is 736. The predicted octanol–water partition coefficient (Wildman–Crippen LogP) is 1.95. The number of nitrogens with zero attached hydrogens (tertiary/aromatic N) is 1. The quantitative estimate of drug-likeness (QED) is 0.832. The minimum atomic E-state index is -0.652. The molecule has 3 N–H and O–H groups in total. The first kappa shape index (κ1) is 17.8. The van der Waals surface area contributed by atoms with Crippen LogP contribution in [0.4, 0.5) is 4.79 Å². The highest BCUT2D eigenvalue weighted by Gasteiger charge is 2.39. The number of ether oxygens (including phenoxy) is 1. The van der Waals surface area contributed by atoms with Crippen LogP contribution in [0.15, 0.2) is 60.7 Å². The van der Waals surface area contributed by atoms with Gasteiger partial charge in [-0.1, -0.05) is 48.5 Å². The molecule has 1 aliphatic rings. The first-order valence-corrected chi connectivity index (χ1v) is 8.73. The van der Waals surface area contributed by atoms with Gasteiger partial charge in [-0.2, -0.15) is 0 Å². The number of nitrogens with one attached hydrogen (secondary N) is 1. The summed E-state index contributed by atoms with van der Waals surface area (Å²) >= 11 is 0. The van der Waals surface area contributed by atoms with E-state index in [1.807, 2.05) is 60.7 Å². The number of urea groups is 1. The van der Waals surface area contributed by atoms with Crippen LogP contribution < -0.4 is 15.8 Å². The van der Waals surface area contributed by atoms with Crippen LogP contribution in [0.1, 0.15) is 12.0 Å². The minimum absolute atomic E-state index is 0.255. The number of nitrogens with two attached hydrogens (primary N) is 1. The second-order valence-electron chi connectivity index (χ2n) is 6.33. The van der Waals surface area contributed by atoms with E-state index in [9.17, 15) is 9.59 Å². The molecule has 0 spiro atoms. The van der Waals surface area contributed by atoms with Crippen molar-refractivity contribution < 1.29 is 14.3 Å². The summed E-state index contributed by atoms with van der Waals surface area (Å²) in [7, 11) is 0. The second-order valence-corrected chi connectivity index (χ2v) is 6.33. The van der Waals surface area contributed by atoms with E-state index >= 15 is 0 Å². The van der Waals surface area contributed by atoms with Crippen LogP contribution in [-0.2, 0) is 11.2 Å². The normalized spacial score (nSPS) is 19.2. The number of carbonyl (C=O) groups is 2. The van der Waals surface area contributed by atoms with E-state index in [-0.39, 0.29) is 12.1 Å². The van der Waals surface area contributed by atoms with E-state index in [0.29, 0.717) is 25.3 Å². The predicted molar refractivity (Wildman–Crippen MR) is 98.7 cm³/mol. The van der Waals surface area contributed by atoms with Crippen LogP contribution in [0, 0.1) is 0 Å². The zero-order valence-corrected chi connectivity index (χ0v) is 14.5. The molecule has 136 valence electrons. The molecule has 1 saturated heterocycles. The Morgan fingerprint density at radius 1 is 1.08 bits per heavy atom. The standard InChI is InChI=1S/C20H23N3O3/c21-19(24)18-13-17(26-16-9-5-2-6-10-16)14-23(18)20(25)22-12-11-15-7-3-1-4-8-15/h1-10,17-18H,11-14H2,(H2,21,24)(H,22,25)/t17-,18-/m0/s1. The van der Waals surface area contributed by atoms with Gasteiger partial charge in [-0.05, 0) is 24.1 Å². The summed E-state index contributed by atoms with van der Waals surface area (Å²) in [5.41, 5.74) is 6.63. The number of hydrogen-bond acceptors (Lipinski definition) is 3. The number of primary amides is 1. The summed E-state index contributed by atoms with van der Waals surface area (Å²) in [4.78, 5) is 25.7. The molecule has 0 bridgehead atoms. The third-order valence-electron chi connectivity index (χ3n) is 4.43. The number of hydrogen-bond donors (Lipinski definition) is 2. The van der Waals surface area contributed by atoms with Crippen LogP contribution in [0.5, 0.6) is 5.75 Å². The van der Waals surface area contributed by atoms with E-state index in [0.717, 1.165) is 12.0 Å². The average Bonchev–Trinajstić information content (AvgIpc) is 3.08. The zero-order valence-electron chi connectivity index (χ0n) is 14.5. The van der Waals surface area contributed by atoms with Crippen LogP contribution in [-0.4, -0.2) is 42.1 Å². The summed E-state index contributed by atoms with van der Waals surface area (Å²) in [6.45, 7) is 0.828. The number of rotatable bonds is 6. The minimum Gasteiger partial charge on any atom is -0.488 e. The van der Waals surface area contributed by atoms with Crippen molar-refractivity contribution in [3.8, 4) is 5.75 Å². The number of amides is 3. The van der Waals surface area contributed by atoms with Gasteiger partial charge in [0, 0.05) is 13.0 Å². The van der Waals surface area contributed by atoms with Crippen molar-refractivity contribution in [1.29, 1.82) is 0 Å². The highest BCUT2D eigenvalue weighted by molar-refractivity contribution is 5.86. The van der Waals surface area contributed by atoms with E-state index in [1.165, 1.54) is 4.90 Å². The summed E-state index contributed by atoms with van der Waals surface area (Å²) in [6.07, 6.45) is 0.872. The molecule has 3 rings (SSSR count). The maximum atomic E-state index is 12.5. The Kier molecular flexibility index (Phi) is 5.73. The van der Waals surface area contributed by atoms with Gasteiger partial charge in [-0.25, -0.2) is 4.79 Å². The SMILES string of the molecule is NC(=O)[C@@H]1C[C@H](Oc2ccccc2)CN1C(=O)NCCc1ccccc1. The molecule has 6 heteroatoms. The summed E-state index contributed by atoms with van der Waals surface area (Å²) in [5, 5.41) is 2.87.